The predicted molar refractivity (Wildman–Crippen MR) is 94.9 cm³/mol. The first-order valence-corrected chi connectivity index (χ1v) is 8.66. The first kappa shape index (κ1) is 20.9. The summed E-state index contributed by atoms with van der Waals surface area (Å²) in [4.78, 5) is 3.79. The van der Waals surface area contributed by atoms with E-state index < -0.39 is 24.7 Å². The Labute approximate surface area is 164 Å². The molecule has 7 nitrogen and oxygen atoms in total. The third-order valence-electron chi connectivity index (χ3n) is 4.04. The summed E-state index contributed by atoms with van der Waals surface area (Å²) in [6.07, 6.45) is -4.80. The maximum atomic E-state index is 13.5. The molecular weight excluding hydrogens is 392 g/mol. The molecule has 29 heavy (non-hydrogen) atoms. The molecule has 0 saturated heterocycles. The zero-order valence-corrected chi connectivity index (χ0v) is 15.3. The van der Waals surface area contributed by atoms with E-state index in [9.17, 15) is 23.5 Å². The maximum Gasteiger partial charge on any atom is 0.491 e. The van der Waals surface area contributed by atoms with Crippen molar-refractivity contribution in [1.82, 2.24) is 4.98 Å². The molecule has 0 radical (unpaired) electrons. The van der Waals surface area contributed by atoms with Crippen LogP contribution in [0.5, 0.6) is 17.5 Å². The minimum atomic E-state index is -4.80. The van der Waals surface area contributed by atoms with Crippen LogP contribution in [0, 0.1) is 11.3 Å². The quantitative estimate of drug-likeness (QED) is 0.556. The number of ether oxygens (including phenoxy) is 3. The van der Waals surface area contributed by atoms with Gasteiger partial charge in [0.2, 0.25) is 11.8 Å². The highest BCUT2D eigenvalue weighted by Gasteiger charge is 2.37. The molecule has 152 valence electrons. The second-order valence-electron chi connectivity index (χ2n) is 5.97. The number of halogens is 3. The molecule has 1 aromatic carbocycles. The first-order valence-electron chi connectivity index (χ1n) is 8.66. The number of rotatable bonds is 7. The number of aromatic nitrogens is 1. The van der Waals surface area contributed by atoms with Crippen LogP contribution < -0.4 is 14.9 Å². The van der Waals surface area contributed by atoms with Crippen LogP contribution >= 0.6 is 0 Å². The normalized spacial score (nSPS) is 13.2. The topological polar surface area (TPSA) is 93.8 Å². The van der Waals surface area contributed by atoms with Crippen LogP contribution in [0.1, 0.15) is 23.6 Å². The summed E-state index contributed by atoms with van der Waals surface area (Å²) in [6.45, 7) is 2.53. The highest BCUT2D eigenvalue weighted by Crippen LogP contribution is 2.39. The lowest BCUT2D eigenvalue weighted by molar-refractivity contribution is -0.138. The molecule has 1 aromatic heterocycles. The summed E-state index contributed by atoms with van der Waals surface area (Å²) in [6, 6.07) is 6.64. The standard InChI is InChI=1S/C18H16BF3N2O5/c1-2-26-5-6-27-16-11(9-23)8-14(18(20,21)22)17(24-16)29-13-3-4-15-12(7-13)10-28-19(15)25/h3-4,7-8,25H,2,5-6,10H2,1H3. The summed E-state index contributed by atoms with van der Waals surface area (Å²) in [5, 5.41) is 18.8. The average Bonchev–Trinajstić information content (AvgIpc) is 3.04. The van der Waals surface area contributed by atoms with E-state index >= 15 is 0 Å². The minimum Gasteiger partial charge on any atom is -0.474 e. The molecule has 1 aliphatic heterocycles. The number of nitriles is 1. The Balaban J connectivity index is 1.94. The maximum absolute atomic E-state index is 13.5. The van der Waals surface area contributed by atoms with E-state index in [0.29, 0.717) is 23.7 Å². The number of pyridine rings is 1. The van der Waals surface area contributed by atoms with Gasteiger partial charge in [0.15, 0.2) is 0 Å². The van der Waals surface area contributed by atoms with Gasteiger partial charge in [0.05, 0.1) is 13.2 Å². The van der Waals surface area contributed by atoms with Gasteiger partial charge >= 0.3 is 13.3 Å². The van der Waals surface area contributed by atoms with Crippen LogP contribution in [-0.2, 0) is 22.2 Å². The van der Waals surface area contributed by atoms with Crippen molar-refractivity contribution >= 4 is 12.6 Å². The zero-order chi connectivity index (χ0) is 21.0. The fourth-order valence-corrected chi connectivity index (χ4v) is 2.67. The summed E-state index contributed by atoms with van der Waals surface area (Å²) in [5.41, 5.74) is -0.471. The molecule has 0 fully saturated rings. The molecular formula is C18H16BF3N2O5. The molecule has 0 unspecified atom stereocenters. The van der Waals surface area contributed by atoms with Gasteiger partial charge < -0.3 is 23.9 Å². The highest BCUT2D eigenvalue weighted by molar-refractivity contribution is 6.61. The van der Waals surface area contributed by atoms with Crippen LogP contribution in [0.4, 0.5) is 13.2 Å². The van der Waals surface area contributed by atoms with E-state index in [4.69, 9.17) is 18.9 Å². The second-order valence-corrected chi connectivity index (χ2v) is 5.97. The number of nitrogens with zero attached hydrogens (tertiary/aromatic N) is 2. The van der Waals surface area contributed by atoms with Crippen LogP contribution in [0.2, 0.25) is 0 Å². The van der Waals surface area contributed by atoms with Crippen molar-refractivity contribution in [3.05, 3.63) is 41.0 Å². The molecule has 0 bridgehead atoms. The summed E-state index contributed by atoms with van der Waals surface area (Å²) < 4.78 is 61.3. The van der Waals surface area contributed by atoms with Gasteiger partial charge in [-0.05, 0) is 36.1 Å². The number of hydrogen-bond acceptors (Lipinski definition) is 7. The third kappa shape index (κ3) is 4.79. The van der Waals surface area contributed by atoms with Gasteiger partial charge in [0.1, 0.15) is 29.6 Å². The summed E-state index contributed by atoms with van der Waals surface area (Å²) in [5.74, 6) is -0.957. The van der Waals surface area contributed by atoms with E-state index in [0.717, 1.165) is 0 Å². The summed E-state index contributed by atoms with van der Waals surface area (Å²) in [7, 11) is -1.08. The van der Waals surface area contributed by atoms with Crippen LogP contribution in [0.25, 0.3) is 0 Å². The molecule has 11 heteroatoms. The van der Waals surface area contributed by atoms with Crippen molar-refractivity contribution in [2.75, 3.05) is 19.8 Å². The number of alkyl halides is 3. The minimum absolute atomic E-state index is 0.00833. The van der Waals surface area contributed by atoms with Crippen molar-refractivity contribution < 1.29 is 37.1 Å². The predicted octanol–water partition coefficient (Wildman–Crippen LogP) is 2.40. The molecule has 2 aromatic rings. The monoisotopic (exact) mass is 408 g/mol. The lowest BCUT2D eigenvalue weighted by Crippen LogP contribution is -2.27. The molecule has 0 amide bonds. The largest absolute Gasteiger partial charge is 0.491 e. The SMILES string of the molecule is CCOCCOc1nc(Oc2ccc3c(c2)COB3O)c(C(F)(F)F)cc1C#N. The van der Waals surface area contributed by atoms with Crippen molar-refractivity contribution in [3.63, 3.8) is 0 Å². The Morgan fingerprint density at radius 2 is 2.07 bits per heavy atom. The smallest absolute Gasteiger partial charge is 0.474 e. The van der Waals surface area contributed by atoms with E-state index in [1.54, 1.807) is 13.0 Å². The molecule has 0 aliphatic carbocycles. The molecule has 1 N–H and O–H groups in total. The van der Waals surface area contributed by atoms with Crippen molar-refractivity contribution in [3.8, 4) is 23.6 Å². The molecule has 1 aliphatic rings. The van der Waals surface area contributed by atoms with E-state index in [-0.39, 0.29) is 37.0 Å². The fraction of sp³-hybridized carbons (Fsp3) is 0.333. The molecule has 0 spiro atoms. The molecule has 0 saturated carbocycles. The van der Waals surface area contributed by atoms with Crippen LogP contribution in [-0.4, -0.2) is 36.9 Å². The molecule has 3 rings (SSSR count). The van der Waals surface area contributed by atoms with Crippen molar-refractivity contribution in [1.29, 1.82) is 5.26 Å². The first-order chi connectivity index (χ1) is 13.8. The van der Waals surface area contributed by atoms with Gasteiger partial charge in [-0.15, -0.1) is 0 Å². The Morgan fingerprint density at radius 1 is 1.28 bits per heavy atom. The average molecular weight is 408 g/mol. The molecule has 0 atom stereocenters. The van der Waals surface area contributed by atoms with Gasteiger partial charge in [0, 0.05) is 6.61 Å². The van der Waals surface area contributed by atoms with E-state index in [1.807, 2.05) is 0 Å². The van der Waals surface area contributed by atoms with Crippen LogP contribution in [0.3, 0.4) is 0 Å². The fourth-order valence-electron chi connectivity index (χ4n) is 2.67. The van der Waals surface area contributed by atoms with Crippen LogP contribution in [0.15, 0.2) is 24.3 Å². The van der Waals surface area contributed by atoms with Gasteiger partial charge in [-0.1, -0.05) is 6.07 Å². The Hall–Kier alpha value is -2.81. The van der Waals surface area contributed by atoms with Gasteiger partial charge in [0.25, 0.3) is 0 Å². The van der Waals surface area contributed by atoms with Gasteiger partial charge in [-0.2, -0.15) is 23.4 Å². The lowest BCUT2D eigenvalue weighted by atomic mass is 9.80. The van der Waals surface area contributed by atoms with E-state index in [2.05, 4.69) is 4.98 Å². The Kier molecular flexibility index (Phi) is 6.27. The number of benzene rings is 1. The molecule has 2 heterocycles. The Morgan fingerprint density at radius 3 is 2.76 bits per heavy atom. The van der Waals surface area contributed by atoms with Crippen molar-refractivity contribution in [2.45, 2.75) is 19.7 Å². The highest BCUT2D eigenvalue weighted by atomic mass is 19.4. The summed E-state index contributed by atoms with van der Waals surface area (Å²) >= 11 is 0. The second kappa shape index (κ2) is 8.69. The Bertz CT molecular complexity index is 933. The zero-order valence-electron chi connectivity index (χ0n) is 15.3. The number of fused-ring (bicyclic) bond motifs is 1. The van der Waals surface area contributed by atoms with E-state index in [1.165, 1.54) is 18.2 Å². The third-order valence-corrected chi connectivity index (χ3v) is 4.04. The van der Waals surface area contributed by atoms with Gasteiger partial charge in [-0.3, -0.25) is 0 Å². The lowest BCUT2D eigenvalue weighted by Gasteiger charge is -2.16. The number of hydrogen-bond donors (Lipinski definition) is 1. The van der Waals surface area contributed by atoms with Gasteiger partial charge in [-0.25, -0.2) is 0 Å². The van der Waals surface area contributed by atoms with Crippen molar-refractivity contribution in [2.24, 2.45) is 0 Å².